The zero-order valence-electron chi connectivity index (χ0n) is 15.4. The van der Waals surface area contributed by atoms with E-state index in [4.69, 9.17) is 0 Å². The van der Waals surface area contributed by atoms with Crippen molar-refractivity contribution in [3.05, 3.63) is 52.8 Å². The Kier molecular flexibility index (Phi) is 5.71. The van der Waals surface area contributed by atoms with Gasteiger partial charge in [-0.3, -0.25) is 14.7 Å². The predicted octanol–water partition coefficient (Wildman–Crippen LogP) is 1.92. The molecule has 1 aliphatic heterocycles. The van der Waals surface area contributed by atoms with Crippen LogP contribution in [0.2, 0.25) is 0 Å². The highest BCUT2D eigenvalue weighted by Gasteiger charge is 2.30. The van der Waals surface area contributed by atoms with Crippen LogP contribution in [0.25, 0.3) is 0 Å². The standard InChI is InChI=1S/C20H26N4O2/c1-14-15(2)22-23-18(14)8-9-19(25)21-17-12-20(26)24(13-17)11-10-16-6-4-3-5-7-16/h3-7,17H,8-13H2,1-2H3,(H,21,25)(H,22,23). The van der Waals surface area contributed by atoms with Crippen LogP contribution in [0, 0.1) is 13.8 Å². The maximum absolute atomic E-state index is 12.2. The Labute approximate surface area is 154 Å². The molecule has 1 aliphatic rings. The number of hydrogen-bond donors (Lipinski definition) is 2. The number of aromatic nitrogens is 2. The predicted molar refractivity (Wildman–Crippen MR) is 99.7 cm³/mol. The molecule has 1 atom stereocenters. The maximum atomic E-state index is 12.2. The first-order valence-electron chi connectivity index (χ1n) is 9.14. The van der Waals surface area contributed by atoms with Crippen molar-refractivity contribution in [2.24, 2.45) is 0 Å². The lowest BCUT2D eigenvalue weighted by atomic mass is 10.1. The number of aromatic amines is 1. The van der Waals surface area contributed by atoms with Crippen molar-refractivity contribution in [3.63, 3.8) is 0 Å². The molecule has 1 aromatic heterocycles. The average molecular weight is 354 g/mol. The molecular formula is C20H26N4O2. The van der Waals surface area contributed by atoms with E-state index in [2.05, 4.69) is 27.6 Å². The Bertz CT molecular complexity index is 769. The molecule has 1 saturated heterocycles. The SMILES string of the molecule is Cc1[nH]nc(CCC(=O)NC2CC(=O)N(CCc3ccccc3)C2)c1C. The first-order chi connectivity index (χ1) is 12.5. The molecule has 2 amide bonds. The molecule has 1 unspecified atom stereocenters. The minimum absolute atomic E-state index is 0.0206. The quantitative estimate of drug-likeness (QED) is 0.797. The van der Waals surface area contributed by atoms with Crippen molar-refractivity contribution in [2.45, 2.75) is 45.6 Å². The molecule has 26 heavy (non-hydrogen) atoms. The number of amides is 2. The summed E-state index contributed by atoms with van der Waals surface area (Å²) in [6.07, 6.45) is 2.23. The van der Waals surface area contributed by atoms with Gasteiger partial charge in [-0.15, -0.1) is 0 Å². The van der Waals surface area contributed by atoms with Gasteiger partial charge in [-0.25, -0.2) is 0 Å². The molecule has 2 aromatic rings. The first kappa shape index (κ1) is 18.2. The lowest BCUT2D eigenvalue weighted by molar-refractivity contribution is -0.127. The van der Waals surface area contributed by atoms with Crippen LogP contribution in [0.1, 0.15) is 35.4 Å². The number of hydrogen-bond acceptors (Lipinski definition) is 3. The number of benzene rings is 1. The van der Waals surface area contributed by atoms with Gasteiger partial charge in [0.2, 0.25) is 11.8 Å². The summed E-state index contributed by atoms with van der Waals surface area (Å²) in [4.78, 5) is 26.2. The second kappa shape index (κ2) is 8.17. The van der Waals surface area contributed by atoms with E-state index < -0.39 is 0 Å². The maximum Gasteiger partial charge on any atom is 0.224 e. The Morgan fingerprint density at radius 1 is 1.27 bits per heavy atom. The van der Waals surface area contributed by atoms with Gasteiger partial charge in [-0.1, -0.05) is 30.3 Å². The van der Waals surface area contributed by atoms with Gasteiger partial charge in [0.25, 0.3) is 0 Å². The molecule has 3 rings (SSSR count). The van der Waals surface area contributed by atoms with Crippen molar-refractivity contribution < 1.29 is 9.59 Å². The first-order valence-corrected chi connectivity index (χ1v) is 9.14. The van der Waals surface area contributed by atoms with Crippen LogP contribution >= 0.6 is 0 Å². The van der Waals surface area contributed by atoms with Crippen LogP contribution in [-0.4, -0.2) is 46.0 Å². The summed E-state index contributed by atoms with van der Waals surface area (Å²) in [5.74, 6) is 0.0952. The van der Waals surface area contributed by atoms with Gasteiger partial charge in [0, 0.05) is 38.0 Å². The summed E-state index contributed by atoms with van der Waals surface area (Å²) in [6.45, 7) is 5.27. The molecule has 6 nitrogen and oxygen atoms in total. The summed E-state index contributed by atoms with van der Waals surface area (Å²) in [7, 11) is 0. The lowest BCUT2D eigenvalue weighted by Gasteiger charge is -2.17. The summed E-state index contributed by atoms with van der Waals surface area (Å²) in [5.41, 5.74) is 4.30. The number of nitrogens with zero attached hydrogens (tertiary/aromatic N) is 2. The largest absolute Gasteiger partial charge is 0.351 e. The number of likely N-dealkylation sites (tertiary alicyclic amines) is 1. The zero-order chi connectivity index (χ0) is 18.5. The van der Waals surface area contributed by atoms with E-state index in [1.165, 1.54) is 5.56 Å². The molecule has 0 aliphatic carbocycles. The molecule has 1 fully saturated rings. The van der Waals surface area contributed by atoms with E-state index >= 15 is 0 Å². The van der Waals surface area contributed by atoms with Gasteiger partial charge >= 0.3 is 0 Å². The number of carbonyl (C=O) groups excluding carboxylic acids is 2. The van der Waals surface area contributed by atoms with Crippen molar-refractivity contribution in [3.8, 4) is 0 Å². The lowest BCUT2D eigenvalue weighted by Crippen LogP contribution is -2.37. The summed E-state index contributed by atoms with van der Waals surface area (Å²) < 4.78 is 0. The van der Waals surface area contributed by atoms with Gasteiger partial charge in [0.15, 0.2) is 0 Å². The van der Waals surface area contributed by atoms with Gasteiger partial charge in [-0.05, 0) is 31.4 Å². The van der Waals surface area contributed by atoms with E-state index in [-0.39, 0.29) is 17.9 Å². The van der Waals surface area contributed by atoms with E-state index in [0.29, 0.717) is 32.4 Å². The van der Waals surface area contributed by atoms with Crippen LogP contribution in [-0.2, 0) is 22.4 Å². The van der Waals surface area contributed by atoms with Gasteiger partial charge in [-0.2, -0.15) is 5.10 Å². The fourth-order valence-electron chi connectivity index (χ4n) is 3.30. The molecule has 138 valence electrons. The van der Waals surface area contributed by atoms with E-state index in [9.17, 15) is 9.59 Å². The number of rotatable bonds is 7. The van der Waals surface area contributed by atoms with Gasteiger partial charge < -0.3 is 10.2 Å². The zero-order valence-corrected chi connectivity index (χ0v) is 15.4. The van der Waals surface area contributed by atoms with Crippen LogP contribution in [0.4, 0.5) is 0 Å². The normalized spacial score (nSPS) is 16.9. The monoisotopic (exact) mass is 354 g/mol. The van der Waals surface area contributed by atoms with Gasteiger partial charge in [0.1, 0.15) is 0 Å². The van der Waals surface area contributed by atoms with Crippen LogP contribution in [0.5, 0.6) is 0 Å². The Hall–Kier alpha value is -2.63. The van der Waals surface area contributed by atoms with Crippen molar-refractivity contribution in [1.29, 1.82) is 0 Å². The summed E-state index contributed by atoms with van der Waals surface area (Å²) in [6, 6.07) is 10.0. The van der Waals surface area contributed by atoms with Crippen molar-refractivity contribution >= 4 is 11.8 Å². The number of aryl methyl sites for hydroxylation is 2. The molecule has 0 radical (unpaired) electrons. The summed E-state index contributed by atoms with van der Waals surface area (Å²) in [5, 5.41) is 10.2. The summed E-state index contributed by atoms with van der Waals surface area (Å²) >= 11 is 0. The van der Waals surface area contributed by atoms with E-state index in [1.54, 1.807) is 0 Å². The molecule has 2 N–H and O–H groups in total. The van der Waals surface area contributed by atoms with Crippen LogP contribution < -0.4 is 5.32 Å². The highest BCUT2D eigenvalue weighted by atomic mass is 16.2. The fraction of sp³-hybridized carbons (Fsp3) is 0.450. The van der Waals surface area contributed by atoms with Crippen LogP contribution in [0.3, 0.4) is 0 Å². The molecule has 2 heterocycles. The highest BCUT2D eigenvalue weighted by molar-refractivity contribution is 5.82. The van der Waals surface area contributed by atoms with Crippen molar-refractivity contribution in [2.75, 3.05) is 13.1 Å². The Balaban J connectivity index is 1.43. The molecule has 1 aromatic carbocycles. The van der Waals surface area contributed by atoms with E-state index in [0.717, 1.165) is 23.4 Å². The second-order valence-corrected chi connectivity index (χ2v) is 6.96. The molecular weight excluding hydrogens is 328 g/mol. The third-order valence-corrected chi connectivity index (χ3v) is 5.04. The number of H-pyrrole nitrogens is 1. The third-order valence-electron chi connectivity index (χ3n) is 5.04. The molecule has 6 heteroatoms. The Morgan fingerprint density at radius 2 is 2.04 bits per heavy atom. The molecule has 0 bridgehead atoms. The van der Waals surface area contributed by atoms with Gasteiger partial charge in [0.05, 0.1) is 11.7 Å². The third kappa shape index (κ3) is 4.50. The van der Waals surface area contributed by atoms with E-state index in [1.807, 2.05) is 36.9 Å². The molecule has 0 saturated carbocycles. The van der Waals surface area contributed by atoms with Crippen LogP contribution in [0.15, 0.2) is 30.3 Å². The van der Waals surface area contributed by atoms with Crippen molar-refractivity contribution in [1.82, 2.24) is 20.4 Å². The smallest absolute Gasteiger partial charge is 0.224 e. The average Bonchev–Trinajstić information content (AvgIpc) is 3.14. The topological polar surface area (TPSA) is 78.1 Å². The Morgan fingerprint density at radius 3 is 2.73 bits per heavy atom. The minimum Gasteiger partial charge on any atom is -0.351 e. The minimum atomic E-state index is -0.0900. The number of carbonyl (C=O) groups is 2. The second-order valence-electron chi connectivity index (χ2n) is 6.96. The fourth-order valence-corrected chi connectivity index (χ4v) is 3.30. The highest BCUT2D eigenvalue weighted by Crippen LogP contribution is 2.14. The number of nitrogens with one attached hydrogen (secondary N) is 2. The molecule has 0 spiro atoms.